The molecule has 2 aromatic carbocycles. The summed E-state index contributed by atoms with van der Waals surface area (Å²) in [5.74, 6) is 0.763. The number of benzene rings is 2. The molecule has 0 spiro atoms. The zero-order chi connectivity index (χ0) is 12.4. The van der Waals surface area contributed by atoms with Gasteiger partial charge >= 0.3 is 0 Å². The van der Waals surface area contributed by atoms with Crippen molar-refractivity contribution in [3.63, 3.8) is 0 Å². The van der Waals surface area contributed by atoms with Crippen LogP contribution in [0.25, 0.3) is 10.8 Å². The summed E-state index contributed by atoms with van der Waals surface area (Å²) in [7, 11) is 3.72. The number of rotatable bonds is 1. The minimum Gasteiger partial charge on any atom is -0.432 e. The van der Waals surface area contributed by atoms with Gasteiger partial charge in [0.25, 0.3) is 5.17 Å². The monoisotopic (exact) mass is 309 g/mol. The van der Waals surface area contributed by atoms with Gasteiger partial charge in [0.05, 0.1) is 0 Å². The largest absolute Gasteiger partial charge is 0.432 e. The van der Waals surface area contributed by atoms with Crippen molar-refractivity contribution in [3.8, 4) is 5.75 Å². The molecule has 2 nitrogen and oxygen atoms in total. The van der Waals surface area contributed by atoms with E-state index < -0.39 is 0 Å². The van der Waals surface area contributed by atoms with Crippen LogP contribution in [0.5, 0.6) is 5.75 Å². The van der Waals surface area contributed by atoms with E-state index in [2.05, 4.69) is 22.0 Å². The van der Waals surface area contributed by atoms with Gasteiger partial charge in [-0.3, -0.25) is 0 Å². The quantitative estimate of drug-likeness (QED) is 0.743. The van der Waals surface area contributed by atoms with E-state index >= 15 is 0 Å². The molecule has 0 aromatic heterocycles. The van der Waals surface area contributed by atoms with Crippen LogP contribution in [0.4, 0.5) is 0 Å². The Hall–Kier alpha value is -1.13. The Balaban J connectivity index is 2.32. The van der Waals surface area contributed by atoms with Crippen LogP contribution in [0.15, 0.2) is 40.9 Å². The third kappa shape index (κ3) is 2.96. The lowest BCUT2D eigenvalue weighted by molar-refractivity contribution is 0.450. The Bertz CT molecular complexity index is 568. The van der Waals surface area contributed by atoms with E-state index in [1.54, 1.807) is 4.90 Å². The predicted molar refractivity (Wildman–Crippen MR) is 78.6 cm³/mol. The number of nitrogens with zero attached hydrogens (tertiary/aromatic N) is 1. The van der Waals surface area contributed by atoms with Gasteiger partial charge in [-0.1, -0.05) is 28.1 Å². The minimum absolute atomic E-state index is 0.460. The molecule has 0 N–H and O–H groups in total. The lowest BCUT2D eigenvalue weighted by atomic mass is 10.1. The first-order valence-electron chi connectivity index (χ1n) is 5.15. The first kappa shape index (κ1) is 12.3. The number of hydrogen-bond donors (Lipinski definition) is 0. The van der Waals surface area contributed by atoms with Crippen LogP contribution in [0, 0.1) is 0 Å². The van der Waals surface area contributed by atoms with E-state index in [-0.39, 0.29) is 0 Å². The van der Waals surface area contributed by atoms with Gasteiger partial charge in [0, 0.05) is 18.6 Å². The Morgan fingerprint density at radius 1 is 1.12 bits per heavy atom. The highest BCUT2D eigenvalue weighted by molar-refractivity contribution is 9.10. The van der Waals surface area contributed by atoms with Crippen LogP contribution in [-0.2, 0) is 0 Å². The highest BCUT2D eigenvalue weighted by atomic mass is 79.9. The van der Waals surface area contributed by atoms with Crippen molar-refractivity contribution >= 4 is 44.1 Å². The molecule has 88 valence electrons. The van der Waals surface area contributed by atoms with Crippen LogP contribution in [0.2, 0.25) is 0 Å². The molecule has 0 bridgehead atoms. The van der Waals surface area contributed by atoms with Crippen LogP contribution in [-0.4, -0.2) is 24.2 Å². The fraction of sp³-hybridized carbons (Fsp3) is 0.154. The summed E-state index contributed by atoms with van der Waals surface area (Å²) in [5.41, 5.74) is 0. The van der Waals surface area contributed by atoms with Crippen LogP contribution in [0.3, 0.4) is 0 Å². The molecule has 0 amide bonds. The molecule has 0 aliphatic carbocycles. The average Bonchev–Trinajstić information content (AvgIpc) is 2.29. The maximum absolute atomic E-state index is 5.56. The van der Waals surface area contributed by atoms with E-state index in [0.29, 0.717) is 5.17 Å². The summed E-state index contributed by atoms with van der Waals surface area (Å²) in [6.45, 7) is 0. The van der Waals surface area contributed by atoms with Gasteiger partial charge < -0.3 is 9.64 Å². The van der Waals surface area contributed by atoms with E-state index in [4.69, 9.17) is 17.0 Å². The zero-order valence-electron chi connectivity index (χ0n) is 9.61. The molecule has 0 aliphatic heterocycles. The minimum atomic E-state index is 0.460. The molecule has 0 saturated heterocycles. The molecule has 2 rings (SSSR count). The highest BCUT2D eigenvalue weighted by Gasteiger charge is 2.03. The topological polar surface area (TPSA) is 12.5 Å². The van der Waals surface area contributed by atoms with Gasteiger partial charge in [0.1, 0.15) is 5.75 Å². The highest BCUT2D eigenvalue weighted by Crippen LogP contribution is 2.24. The molecule has 0 heterocycles. The molecule has 0 atom stereocenters. The number of thiocarbonyl (C=S) groups is 1. The Morgan fingerprint density at radius 3 is 2.47 bits per heavy atom. The summed E-state index contributed by atoms with van der Waals surface area (Å²) in [6.07, 6.45) is 0. The summed E-state index contributed by atoms with van der Waals surface area (Å²) in [6, 6.07) is 12.1. The van der Waals surface area contributed by atoms with Crippen molar-refractivity contribution in [2.24, 2.45) is 0 Å². The lowest BCUT2D eigenvalue weighted by Gasteiger charge is -2.14. The van der Waals surface area contributed by atoms with Gasteiger partial charge in [0.2, 0.25) is 0 Å². The summed E-state index contributed by atoms with van der Waals surface area (Å²) >= 11 is 8.55. The SMILES string of the molecule is CN(C)C(=S)Oc1ccc2cc(Br)ccc2c1. The second-order valence-electron chi connectivity index (χ2n) is 3.92. The molecule has 0 aliphatic rings. The summed E-state index contributed by atoms with van der Waals surface area (Å²) < 4.78 is 6.63. The van der Waals surface area contributed by atoms with Gasteiger partial charge in [-0.05, 0) is 47.3 Å². The standard InChI is InChI=1S/C13H12BrNOS/c1-15(2)13(17)16-12-6-4-9-7-11(14)5-3-10(9)8-12/h3-8H,1-2H3. The van der Waals surface area contributed by atoms with Crippen molar-refractivity contribution in [3.05, 3.63) is 40.9 Å². The normalized spacial score (nSPS) is 10.3. The van der Waals surface area contributed by atoms with Crippen LogP contribution in [0.1, 0.15) is 0 Å². The molecule has 0 saturated carbocycles. The Kier molecular flexibility index (Phi) is 3.64. The molecular formula is C13H12BrNOS. The summed E-state index contributed by atoms with van der Waals surface area (Å²) in [4.78, 5) is 1.76. The fourth-order valence-electron chi connectivity index (χ4n) is 1.45. The van der Waals surface area contributed by atoms with Crippen LogP contribution >= 0.6 is 28.1 Å². The van der Waals surface area contributed by atoms with Crippen molar-refractivity contribution in [2.75, 3.05) is 14.1 Å². The third-order valence-electron chi connectivity index (χ3n) is 2.34. The third-order valence-corrected chi connectivity index (χ3v) is 3.29. The first-order valence-corrected chi connectivity index (χ1v) is 6.35. The summed E-state index contributed by atoms with van der Waals surface area (Å²) in [5, 5.41) is 2.76. The van der Waals surface area contributed by atoms with Gasteiger partial charge in [-0.25, -0.2) is 0 Å². The van der Waals surface area contributed by atoms with Gasteiger partial charge in [0.15, 0.2) is 0 Å². The van der Waals surface area contributed by atoms with E-state index in [0.717, 1.165) is 15.6 Å². The molecule has 4 heteroatoms. The number of ether oxygens (including phenoxy) is 1. The maximum Gasteiger partial charge on any atom is 0.264 e. The van der Waals surface area contributed by atoms with Crippen molar-refractivity contribution in [1.82, 2.24) is 4.90 Å². The smallest absolute Gasteiger partial charge is 0.264 e. The average molecular weight is 310 g/mol. The maximum atomic E-state index is 5.56. The molecule has 0 radical (unpaired) electrons. The number of halogens is 1. The van der Waals surface area contributed by atoms with Crippen molar-refractivity contribution in [1.29, 1.82) is 0 Å². The fourth-order valence-corrected chi connectivity index (χ4v) is 1.93. The van der Waals surface area contributed by atoms with E-state index in [1.807, 2.05) is 44.4 Å². The van der Waals surface area contributed by atoms with Gasteiger partial charge in [-0.15, -0.1) is 0 Å². The second-order valence-corrected chi connectivity index (χ2v) is 5.18. The number of fused-ring (bicyclic) bond motifs is 1. The molecule has 2 aromatic rings. The van der Waals surface area contributed by atoms with Gasteiger partial charge in [-0.2, -0.15) is 0 Å². The number of hydrogen-bond acceptors (Lipinski definition) is 2. The van der Waals surface area contributed by atoms with Crippen LogP contribution < -0.4 is 4.74 Å². The van der Waals surface area contributed by atoms with Crippen molar-refractivity contribution in [2.45, 2.75) is 0 Å². The second kappa shape index (κ2) is 5.02. The molecular weight excluding hydrogens is 298 g/mol. The Morgan fingerprint density at radius 2 is 1.76 bits per heavy atom. The molecule has 0 unspecified atom stereocenters. The zero-order valence-corrected chi connectivity index (χ0v) is 12.0. The predicted octanol–water partition coefficient (Wildman–Crippen LogP) is 3.83. The van der Waals surface area contributed by atoms with Crippen molar-refractivity contribution < 1.29 is 4.74 Å². The van der Waals surface area contributed by atoms with E-state index in [9.17, 15) is 0 Å². The molecule has 0 fully saturated rings. The first-order chi connectivity index (χ1) is 8.06. The molecule has 17 heavy (non-hydrogen) atoms. The van der Waals surface area contributed by atoms with E-state index in [1.165, 1.54) is 5.39 Å². The Labute approximate surface area is 114 Å². The lowest BCUT2D eigenvalue weighted by Crippen LogP contribution is -2.24.